The zero-order chi connectivity index (χ0) is 25.8. The van der Waals surface area contributed by atoms with E-state index in [1.54, 1.807) is 24.3 Å². The molecule has 0 bridgehead atoms. The molecule has 0 radical (unpaired) electrons. The van der Waals surface area contributed by atoms with Gasteiger partial charge >= 0.3 is 6.03 Å². The molecule has 1 N–H and O–H groups in total. The smallest absolute Gasteiger partial charge is 0.329 e. The molecule has 0 atom stereocenters. The number of carbonyl (C=O) groups excluding carboxylic acids is 2. The van der Waals surface area contributed by atoms with Crippen LogP contribution >= 0.6 is 11.6 Å². The molecular formula is C26H22ClN3O6. The lowest BCUT2D eigenvalue weighted by molar-refractivity contribution is -0.384. The third kappa shape index (κ3) is 5.47. The van der Waals surface area contributed by atoms with Crippen molar-refractivity contribution in [3.05, 3.63) is 104 Å². The van der Waals surface area contributed by atoms with Crippen LogP contribution in [0.4, 0.5) is 10.5 Å². The van der Waals surface area contributed by atoms with Gasteiger partial charge < -0.3 is 14.8 Å². The lowest BCUT2D eigenvalue weighted by Gasteiger charge is -2.14. The molecule has 0 saturated carbocycles. The van der Waals surface area contributed by atoms with Crippen LogP contribution in [0.5, 0.6) is 11.5 Å². The molecule has 0 aliphatic carbocycles. The van der Waals surface area contributed by atoms with Crippen molar-refractivity contribution < 1.29 is 24.0 Å². The Bertz CT molecular complexity index is 1390. The topological polar surface area (TPSA) is 111 Å². The molecule has 9 nitrogen and oxygen atoms in total. The Labute approximate surface area is 212 Å². The molecule has 0 aromatic heterocycles. The fraction of sp³-hybridized carbons (Fsp3) is 0.154. The summed E-state index contributed by atoms with van der Waals surface area (Å²) in [5, 5.41) is 13.8. The second-order valence-electron chi connectivity index (χ2n) is 8.12. The molecule has 1 fully saturated rings. The predicted molar refractivity (Wildman–Crippen MR) is 134 cm³/mol. The highest BCUT2D eigenvalue weighted by molar-refractivity contribution is 6.32. The van der Waals surface area contributed by atoms with Crippen LogP contribution in [0.1, 0.15) is 22.3 Å². The van der Waals surface area contributed by atoms with E-state index in [1.807, 2.05) is 31.2 Å². The van der Waals surface area contributed by atoms with Gasteiger partial charge in [0.05, 0.1) is 23.6 Å². The Balaban J connectivity index is 1.53. The van der Waals surface area contributed by atoms with Crippen LogP contribution < -0.4 is 14.8 Å². The zero-order valence-corrected chi connectivity index (χ0v) is 20.2. The third-order valence-corrected chi connectivity index (χ3v) is 5.73. The van der Waals surface area contributed by atoms with E-state index in [-0.39, 0.29) is 35.3 Å². The lowest BCUT2D eigenvalue weighted by Crippen LogP contribution is -2.30. The quantitative estimate of drug-likeness (QED) is 0.193. The number of ether oxygens (including phenoxy) is 2. The molecular weight excluding hydrogens is 486 g/mol. The van der Waals surface area contributed by atoms with E-state index in [0.717, 1.165) is 16.0 Å². The Morgan fingerprint density at radius 3 is 2.56 bits per heavy atom. The van der Waals surface area contributed by atoms with Crippen LogP contribution in [-0.2, 0) is 17.9 Å². The number of hydrogen-bond donors (Lipinski definition) is 1. The second-order valence-corrected chi connectivity index (χ2v) is 8.53. The van der Waals surface area contributed by atoms with E-state index in [9.17, 15) is 19.7 Å². The van der Waals surface area contributed by atoms with E-state index in [1.165, 1.54) is 25.3 Å². The molecule has 10 heteroatoms. The number of aryl methyl sites for hydroxylation is 1. The highest BCUT2D eigenvalue weighted by Gasteiger charge is 2.33. The maximum Gasteiger partial charge on any atom is 0.329 e. The summed E-state index contributed by atoms with van der Waals surface area (Å²) >= 11 is 6.44. The number of nitro benzene ring substituents is 1. The Morgan fingerprint density at radius 2 is 1.83 bits per heavy atom. The number of halogens is 1. The van der Waals surface area contributed by atoms with E-state index < -0.39 is 16.9 Å². The first-order valence-corrected chi connectivity index (χ1v) is 11.3. The first kappa shape index (κ1) is 24.7. The minimum atomic E-state index is -0.511. The third-order valence-electron chi connectivity index (χ3n) is 5.45. The van der Waals surface area contributed by atoms with E-state index in [2.05, 4.69) is 5.32 Å². The summed E-state index contributed by atoms with van der Waals surface area (Å²) in [4.78, 5) is 37.0. The second kappa shape index (κ2) is 10.5. The zero-order valence-electron chi connectivity index (χ0n) is 19.5. The first-order valence-electron chi connectivity index (χ1n) is 10.9. The van der Waals surface area contributed by atoms with Crippen molar-refractivity contribution >= 4 is 35.3 Å². The highest BCUT2D eigenvalue weighted by atomic mass is 35.5. The summed E-state index contributed by atoms with van der Waals surface area (Å²) in [6.45, 7) is 2.12. The molecule has 1 aliphatic heterocycles. The summed E-state index contributed by atoms with van der Waals surface area (Å²) in [5.74, 6) is 0.0893. The number of nitrogens with one attached hydrogen (secondary N) is 1. The molecule has 1 saturated heterocycles. The number of nitro groups is 1. The Morgan fingerprint density at radius 1 is 1.08 bits per heavy atom. The van der Waals surface area contributed by atoms with Gasteiger partial charge in [-0.25, -0.2) is 4.79 Å². The predicted octanol–water partition coefficient (Wildman–Crippen LogP) is 5.24. The van der Waals surface area contributed by atoms with Crippen molar-refractivity contribution in [2.24, 2.45) is 0 Å². The number of non-ortho nitro benzene ring substituents is 1. The van der Waals surface area contributed by atoms with Crippen LogP contribution in [0.15, 0.2) is 66.4 Å². The van der Waals surface area contributed by atoms with Gasteiger partial charge in [0, 0.05) is 12.1 Å². The van der Waals surface area contributed by atoms with Gasteiger partial charge in [-0.3, -0.25) is 19.8 Å². The van der Waals surface area contributed by atoms with Gasteiger partial charge in [0.25, 0.3) is 11.6 Å². The number of benzene rings is 3. The van der Waals surface area contributed by atoms with Gasteiger partial charge in [-0.1, -0.05) is 53.6 Å². The lowest BCUT2D eigenvalue weighted by atomic mass is 10.1. The summed E-state index contributed by atoms with van der Waals surface area (Å²) in [5.41, 5.74) is 3.04. The molecule has 1 heterocycles. The van der Waals surface area contributed by atoms with Crippen molar-refractivity contribution in [2.75, 3.05) is 7.11 Å². The molecule has 0 spiro atoms. The number of methoxy groups -OCH3 is 1. The Kier molecular flexibility index (Phi) is 7.21. The molecule has 0 unspecified atom stereocenters. The molecule has 4 rings (SSSR count). The van der Waals surface area contributed by atoms with E-state index in [4.69, 9.17) is 21.1 Å². The number of amides is 3. The van der Waals surface area contributed by atoms with Gasteiger partial charge in [-0.15, -0.1) is 0 Å². The van der Waals surface area contributed by atoms with Crippen molar-refractivity contribution in [3.8, 4) is 11.5 Å². The maximum atomic E-state index is 12.9. The average molecular weight is 508 g/mol. The molecule has 1 aliphatic rings. The number of nitrogens with zero attached hydrogens (tertiary/aromatic N) is 2. The van der Waals surface area contributed by atoms with Crippen molar-refractivity contribution in [1.29, 1.82) is 0 Å². The van der Waals surface area contributed by atoms with Crippen LogP contribution in [-0.4, -0.2) is 28.9 Å². The van der Waals surface area contributed by atoms with Crippen LogP contribution in [0.25, 0.3) is 6.08 Å². The standard InChI is InChI=1S/C26H22ClN3O6/c1-16-5-3-6-17(9-16)14-29-25(31)22(28-26(29)32)12-19-11-21(27)24(23(13-19)35-2)36-15-18-7-4-8-20(10-18)30(33)34/h3-13H,14-15H2,1-2H3,(H,28,32)/b22-12+. The number of urea groups is 1. The molecule has 36 heavy (non-hydrogen) atoms. The molecule has 3 aromatic carbocycles. The van der Waals surface area contributed by atoms with Crippen LogP contribution in [0.2, 0.25) is 5.02 Å². The summed E-state index contributed by atoms with van der Waals surface area (Å²) in [7, 11) is 1.44. The Hall–Kier alpha value is -4.37. The monoisotopic (exact) mass is 507 g/mol. The van der Waals surface area contributed by atoms with Crippen LogP contribution in [0, 0.1) is 17.0 Å². The summed E-state index contributed by atoms with van der Waals surface area (Å²) < 4.78 is 11.2. The number of imide groups is 1. The number of rotatable bonds is 8. The SMILES string of the molecule is COc1cc(/C=C2/NC(=O)N(Cc3cccc(C)c3)C2=O)cc(Cl)c1OCc1cccc([N+](=O)[O-])c1. The molecule has 3 amide bonds. The van der Waals surface area contributed by atoms with Crippen molar-refractivity contribution in [2.45, 2.75) is 20.1 Å². The fourth-order valence-electron chi connectivity index (χ4n) is 3.75. The highest BCUT2D eigenvalue weighted by Crippen LogP contribution is 2.38. The fourth-order valence-corrected chi connectivity index (χ4v) is 4.03. The van der Waals surface area contributed by atoms with E-state index >= 15 is 0 Å². The summed E-state index contributed by atoms with van der Waals surface area (Å²) in [6.07, 6.45) is 1.51. The first-order chi connectivity index (χ1) is 17.2. The normalized spacial score (nSPS) is 14.2. The summed E-state index contributed by atoms with van der Waals surface area (Å²) in [6, 6.07) is 16.3. The van der Waals surface area contributed by atoms with Crippen molar-refractivity contribution in [1.82, 2.24) is 10.2 Å². The van der Waals surface area contributed by atoms with Gasteiger partial charge in [0.15, 0.2) is 11.5 Å². The number of hydrogen-bond acceptors (Lipinski definition) is 6. The molecule has 184 valence electrons. The average Bonchev–Trinajstić information content (AvgIpc) is 3.10. The largest absolute Gasteiger partial charge is 0.493 e. The van der Waals surface area contributed by atoms with Crippen LogP contribution in [0.3, 0.4) is 0 Å². The van der Waals surface area contributed by atoms with Gasteiger partial charge in [-0.05, 0) is 41.8 Å². The van der Waals surface area contributed by atoms with Crippen molar-refractivity contribution in [3.63, 3.8) is 0 Å². The molecule has 3 aromatic rings. The van der Waals surface area contributed by atoms with E-state index in [0.29, 0.717) is 16.9 Å². The minimum absolute atomic E-state index is 0.0284. The maximum absolute atomic E-state index is 12.9. The minimum Gasteiger partial charge on any atom is -0.493 e. The van der Waals surface area contributed by atoms with Gasteiger partial charge in [0.1, 0.15) is 12.3 Å². The van der Waals surface area contributed by atoms with Gasteiger partial charge in [0.2, 0.25) is 0 Å². The van der Waals surface area contributed by atoms with Gasteiger partial charge in [-0.2, -0.15) is 0 Å². The number of carbonyl (C=O) groups is 2.